The van der Waals surface area contributed by atoms with Crippen LogP contribution in [0.3, 0.4) is 0 Å². The van der Waals surface area contributed by atoms with E-state index in [1.165, 1.54) is 20.1 Å². The van der Waals surface area contributed by atoms with Crippen molar-refractivity contribution in [2.75, 3.05) is 50.6 Å². The summed E-state index contributed by atoms with van der Waals surface area (Å²) in [6, 6.07) is 20.8. The van der Waals surface area contributed by atoms with Gasteiger partial charge in [-0.25, -0.2) is 0 Å². The molecule has 1 heterocycles. The zero-order valence-corrected chi connectivity index (χ0v) is 22.0. The summed E-state index contributed by atoms with van der Waals surface area (Å²) in [6.45, 7) is 5.54. The van der Waals surface area contributed by atoms with Gasteiger partial charge >= 0.3 is 5.97 Å². The third kappa shape index (κ3) is 7.36. The van der Waals surface area contributed by atoms with Gasteiger partial charge in [0.2, 0.25) is 5.91 Å². The lowest BCUT2D eigenvalue weighted by Gasteiger charge is -2.34. The average molecular weight is 516 g/mol. The first-order chi connectivity index (χ1) is 18.4. The van der Waals surface area contributed by atoms with Crippen LogP contribution in [0.15, 0.2) is 72.8 Å². The van der Waals surface area contributed by atoms with Crippen molar-refractivity contribution in [3.63, 3.8) is 0 Å². The molecule has 1 amide bonds. The second-order valence-corrected chi connectivity index (χ2v) is 9.06. The summed E-state index contributed by atoms with van der Waals surface area (Å²) in [6.07, 6.45) is 3.09. The third-order valence-electron chi connectivity index (χ3n) is 6.22. The molecule has 198 valence electrons. The number of para-hydroxylation sites is 1. The molecule has 4 rings (SSSR count). The Labute approximate surface area is 223 Å². The lowest BCUT2D eigenvalue weighted by atomic mass is 10.1. The molecule has 38 heavy (non-hydrogen) atoms. The zero-order valence-electron chi connectivity index (χ0n) is 22.0. The number of hydrogen-bond acceptors (Lipinski definition) is 7. The standard InChI is InChI=1S/C30H33N3O5/c1-22(34)38-29-19-23(9-13-28(29)36-3)10-14-30(35)31-27-12-11-25(33-17-15-32(2)16-18-33)20-24(27)21-37-26-7-5-4-6-8-26/h4-14,19-20H,15-18,21H2,1-3H3,(H,31,35). The van der Waals surface area contributed by atoms with Gasteiger partial charge in [0.05, 0.1) is 7.11 Å². The summed E-state index contributed by atoms with van der Waals surface area (Å²) in [7, 11) is 3.63. The largest absolute Gasteiger partial charge is 0.493 e. The summed E-state index contributed by atoms with van der Waals surface area (Å²) in [5, 5.41) is 2.98. The van der Waals surface area contributed by atoms with Crippen molar-refractivity contribution in [1.29, 1.82) is 0 Å². The second kappa shape index (κ2) is 12.8. The van der Waals surface area contributed by atoms with Crippen molar-refractivity contribution in [2.24, 2.45) is 0 Å². The second-order valence-electron chi connectivity index (χ2n) is 9.06. The van der Waals surface area contributed by atoms with Gasteiger partial charge in [0, 0.05) is 56.1 Å². The molecular weight excluding hydrogens is 482 g/mol. The molecule has 3 aromatic rings. The number of esters is 1. The number of anilines is 2. The number of carbonyl (C=O) groups is 2. The summed E-state index contributed by atoms with van der Waals surface area (Å²) >= 11 is 0. The minimum atomic E-state index is -0.451. The first-order valence-corrected chi connectivity index (χ1v) is 12.5. The number of benzene rings is 3. The van der Waals surface area contributed by atoms with Crippen LogP contribution in [0.4, 0.5) is 11.4 Å². The van der Waals surface area contributed by atoms with Gasteiger partial charge in [0.25, 0.3) is 0 Å². The molecule has 0 bridgehead atoms. The van der Waals surface area contributed by atoms with E-state index in [1.54, 1.807) is 24.3 Å². The fourth-order valence-corrected chi connectivity index (χ4v) is 4.14. The smallest absolute Gasteiger partial charge is 0.308 e. The third-order valence-corrected chi connectivity index (χ3v) is 6.22. The molecule has 8 nitrogen and oxygen atoms in total. The molecular formula is C30H33N3O5. The molecule has 1 saturated heterocycles. The van der Waals surface area contributed by atoms with E-state index in [1.807, 2.05) is 42.5 Å². The highest BCUT2D eigenvalue weighted by molar-refractivity contribution is 6.02. The maximum absolute atomic E-state index is 12.9. The van der Waals surface area contributed by atoms with Crippen LogP contribution in [0.1, 0.15) is 18.1 Å². The molecule has 3 aromatic carbocycles. The Morgan fingerprint density at radius 3 is 2.42 bits per heavy atom. The predicted octanol–water partition coefficient (Wildman–Crippen LogP) is 4.60. The Bertz CT molecular complexity index is 1280. The normalized spacial score (nSPS) is 13.8. The van der Waals surface area contributed by atoms with E-state index >= 15 is 0 Å². The average Bonchev–Trinajstić information content (AvgIpc) is 2.92. The predicted molar refractivity (Wildman–Crippen MR) is 149 cm³/mol. The molecule has 1 fully saturated rings. The van der Waals surface area contributed by atoms with Crippen molar-refractivity contribution in [3.05, 3.63) is 83.9 Å². The Morgan fingerprint density at radius 1 is 0.947 bits per heavy atom. The van der Waals surface area contributed by atoms with Crippen molar-refractivity contribution >= 4 is 29.3 Å². The van der Waals surface area contributed by atoms with E-state index < -0.39 is 5.97 Å². The quantitative estimate of drug-likeness (QED) is 0.253. The molecule has 0 aromatic heterocycles. The number of methoxy groups -OCH3 is 1. The zero-order chi connectivity index (χ0) is 26.9. The van der Waals surface area contributed by atoms with Crippen LogP contribution in [-0.2, 0) is 16.2 Å². The van der Waals surface area contributed by atoms with E-state index in [2.05, 4.69) is 28.2 Å². The van der Waals surface area contributed by atoms with Crippen LogP contribution < -0.4 is 24.4 Å². The number of carbonyl (C=O) groups excluding carboxylic acids is 2. The van der Waals surface area contributed by atoms with Crippen LogP contribution in [-0.4, -0.2) is 57.1 Å². The Hall–Kier alpha value is -4.30. The van der Waals surface area contributed by atoms with Gasteiger partial charge in [-0.05, 0) is 61.2 Å². The fourth-order valence-electron chi connectivity index (χ4n) is 4.14. The van der Waals surface area contributed by atoms with Crippen LogP contribution in [0.5, 0.6) is 17.2 Å². The molecule has 8 heteroatoms. The monoisotopic (exact) mass is 515 g/mol. The molecule has 0 aliphatic carbocycles. The first-order valence-electron chi connectivity index (χ1n) is 12.5. The number of ether oxygens (including phenoxy) is 3. The Balaban J connectivity index is 1.50. The molecule has 0 saturated carbocycles. The van der Waals surface area contributed by atoms with Gasteiger partial charge in [0.1, 0.15) is 12.4 Å². The van der Waals surface area contributed by atoms with E-state index in [-0.39, 0.29) is 5.91 Å². The molecule has 1 aliphatic heterocycles. The Morgan fingerprint density at radius 2 is 1.71 bits per heavy atom. The van der Waals surface area contributed by atoms with E-state index in [0.29, 0.717) is 29.4 Å². The highest BCUT2D eigenvalue weighted by Crippen LogP contribution is 2.29. The summed E-state index contributed by atoms with van der Waals surface area (Å²) < 4.78 is 16.5. The molecule has 0 atom stereocenters. The van der Waals surface area contributed by atoms with Crippen LogP contribution in [0.2, 0.25) is 0 Å². The molecule has 1 N–H and O–H groups in total. The van der Waals surface area contributed by atoms with E-state index in [0.717, 1.165) is 43.2 Å². The number of nitrogens with zero attached hydrogens (tertiary/aromatic N) is 2. The van der Waals surface area contributed by atoms with Gasteiger partial charge in [-0.15, -0.1) is 0 Å². The number of nitrogens with one attached hydrogen (secondary N) is 1. The first kappa shape index (κ1) is 26.8. The minimum absolute atomic E-state index is 0.289. The fraction of sp³-hybridized carbons (Fsp3) is 0.267. The van der Waals surface area contributed by atoms with Crippen LogP contribution in [0.25, 0.3) is 6.08 Å². The van der Waals surface area contributed by atoms with Gasteiger partial charge in [-0.1, -0.05) is 24.3 Å². The maximum atomic E-state index is 12.9. The van der Waals surface area contributed by atoms with Gasteiger partial charge in [0.15, 0.2) is 11.5 Å². The number of amides is 1. The van der Waals surface area contributed by atoms with Gasteiger partial charge in [-0.3, -0.25) is 9.59 Å². The van der Waals surface area contributed by atoms with Crippen LogP contribution in [0, 0.1) is 0 Å². The molecule has 0 radical (unpaired) electrons. The van der Waals surface area contributed by atoms with Crippen molar-refractivity contribution in [1.82, 2.24) is 4.90 Å². The summed E-state index contributed by atoms with van der Waals surface area (Å²) in [4.78, 5) is 28.9. The summed E-state index contributed by atoms with van der Waals surface area (Å²) in [5.74, 6) is 0.751. The van der Waals surface area contributed by atoms with E-state index in [4.69, 9.17) is 14.2 Å². The number of likely N-dealkylation sites (N-methyl/N-ethyl adjacent to an activating group) is 1. The molecule has 0 spiro atoms. The summed E-state index contributed by atoms with van der Waals surface area (Å²) in [5.41, 5.74) is 3.36. The highest BCUT2D eigenvalue weighted by Gasteiger charge is 2.16. The van der Waals surface area contributed by atoms with Crippen molar-refractivity contribution in [2.45, 2.75) is 13.5 Å². The topological polar surface area (TPSA) is 80.3 Å². The number of hydrogen-bond donors (Lipinski definition) is 1. The maximum Gasteiger partial charge on any atom is 0.308 e. The Kier molecular flexibility index (Phi) is 9.00. The van der Waals surface area contributed by atoms with Gasteiger partial charge in [-0.2, -0.15) is 0 Å². The molecule has 0 unspecified atom stereocenters. The van der Waals surface area contributed by atoms with Crippen molar-refractivity contribution < 1.29 is 23.8 Å². The SMILES string of the molecule is COc1ccc(C=CC(=O)Nc2ccc(N3CCN(C)CC3)cc2COc2ccccc2)cc1OC(C)=O. The van der Waals surface area contributed by atoms with Crippen LogP contribution >= 0.6 is 0 Å². The van der Waals surface area contributed by atoms with Gasteiger partial charge < -0.3 is 29.3 Å². The lowest BCUT2D eigenvalue weighted by molar-refractivity contribution is -0.132. The highest BCUT2D eigenvalue weighted by atomic mass is 16.6. The minimum Gasteiger partial charge on any atom is -0.493 e. The van der Waals surface area contributed by atoms with Crippen molar-refractivity contribution in [3.8, 4) is 17.2 Å². The lowest BCUT2D eigenvalue weighted by Crippen LogP contribution is -2.44. The number of rotatable bonds is 9. The molecule has 1 aliphatic rings. The van der Waals surface area contributed by atoms with E-state index in [9.17, 15) is 9.59 Å². The number of piperazine rings is 1.